The van der Waals surface area contributed by atoms with Crippen molar-refractivity contribution in [3.63, 3.8) is 0 Å². The Balaban J connectivity index is 2.39. The highest BCUT2D eigenvalue weighted by molar-refractivity contribution is 5.35. The molecule has 0 aliphatic carbocycles. The van der Waals surface area contributed by atoms with Gasteiger partial charge in [-0.1, -0.05) is 45.0 Å². The van der Waals surface area contributed by atoms with Crippen LogP contribution in [0.5, 0.6) is 0 Å². The zero-order valence-corrected chi connectivity index (χ0v) is 12.1. The highest BCUT2D eigenvalue weighted by Gasteiger charge is 2.22. The monoisotopic (exact) mass is 294 g/mol. The molecule has 2 aromatic carbocycles. The van der Waals surface area contributed by atoms with Gasteiger partial charge in [-0.2, -0.15) is 0 Å². The first-order valence-corrected chi connectivity index (χ1v) is 6.63. The predicted molar refractivity (Wildman–Crippen MR) is 75.5 cm³/mol. The van der Waals surface area contributed by atoms with E-state index in [1.54, 1.807) is 24.3 Å². The second kappa shape index (κ2) is 5.53. The van der Waals surface area contributed by atoms with Gasteiger partial charge < -0.3 is 5.11 Å². The van der Waals surface area contributed by atoms with Gasteiger partial charge in [0.15, 0.2) is 0 Å². The van der Waals surface area contributed by atoms with Crippen LogP contribution in [0.15, 0.2) is 36.4 Å². The number of aliphatic hydroxyl groups excluding tert-OH is 1. The highest BCUT2D eigenvalue weighted by atomic mass is 19.1. The summed E-state index contributed by atoms with van der Waals surface area (Å²) in [5.74, 6) is -3.20. The van der Waals surface area contributed by atoms with Crippen molar-refractivity contribution in [2.75, 3.05) is 0 Å². The van der Waals surface area contributed by atoms with Gasteiger partial charge in [0.25, 0.3) is 0 Å². The summed E-state index contributed by atoms with van der Waals surface area (Å²) in [6, 6.07) is 7.97. The topological polar surface area (TPSA) is 20.2 Å². The zero-order valence-electron chi connectivity index (χ0n) is 12.1. The van der Waals surface area contributed by atoms with Gasteiger partial charge in [-0.05, 0) is 16.5 Å². The summed E-state index contributed by atoms with van der Waals surface area (Å²) in [5.41, 5.74) is 0.793. The van der Waals surface area contributed by atoms with E-state index in [0.29, 0.717) is 17.7 Å². The van der Waals surface area contributed by atoms with E-state index >= 15 is 0 Å². The average Bonchev–Trinajstić information content (AvgIpc) is 2.36. The summed E-state index contributed by atoms with van der Waals surface area (Å²) in [7, 11) is 0. The quantitative estimate of drug-likeness (QED) is 0.865. The summed E-state index contributed by atoms with van der Waals surface area (Å²) in [6.45, 7) is 6.12. The maximum atomic E-state index is 13.7. The summed E-state index contributed by atoms with van der Waals surface area (Å²) in [5, 5.41) is 10.1. The van der Waals surface area contributed by atoms with Crippen LogP contribution < -0.4 is 0 Å². The number of hydrogen-bond donors (Lipinski definition) is 1. The van der Waals surface area contributed by atoms with Crippen LogP contribution in [-0.2, 0) is 5.41 Å². The lowest BCUT2D eigenvalue weighted by atomic mass is 9.86. The molecule has 0 fully saturated rings. The molecule has 0 heterocycles. The highest BCUT2D eigenvalue weighted by Crippen LogP contribution is 2.29. The Hall–Kier alpha value is -1.81. The van der Waals surface area contributed by atoms with Crippen LogP contribution in [0.4, 0.5) is 13.2 Å². The van der Waals surface area contributed by atoms with Crippen molar-refractivity contribution in [2.24, 2.45) is 0 Å². The van der Waals surface area contributed by atoms with E-state index in [4.69, 9.17) is 0 Å². The Morgan fingerprint density at radius 3 is 1.81 bits per heavy atom. The molecule has 1 N–H and O–H groups in total. The van der Waals surface area contributed by atoms with Crippen molar-refractivity contribution in [3.8, 4) is 0 Å². The number of rotatable bonds is 2. The van der Waals surface area contributed by atoms with Crippen LogP contribution in [0.3, 0.4) is 0 Å². The molecular formula is C17H17F3O. The summed E-state index contributed by atoms with van der Waals surface area (Å²) < 4.78 is 40.2. The fourth-order valence-corrected chi connectivity index (χ4v) is 2.15. The van der Waals surface area contributed by atoms with Crippen LogP contribution in [-0.4, -0.2) is 5.11 Å². The maximum absolute atomic E-state index is 13.7. The third-order valence-electron chi connectivity index (χ3n) is 3.41. The second-order valence-electron chi connectivity index (χ2n) is 6.06. The van der Waals surface area contributed by atoms with Crippen LogP contribution >= 0.6 is 0 Å². The number of hydrogen-bond acceptors (Lipinski definition) is 1. The van der Waals surface area contributed by atoms with Crippen molar-refractivity contribution in [1.29, 1.82) is 0 Å². The number of aliphatic hydroxyl groups is 1. The van der Waals surface area contributed by atoms with Gasteiger partial charge in [0.1, 0.15) is 23.6 Å². The molecule has 0 aromatic heterocycles. The lowest BCUT2D eigenvalue weighted by molar-refractivity contribution is 0.208. The molecule has 21 heavy (non-hydrogen) atoms. The van der Waals surface area contributed by atoms with Gasteiger partial charge in [0.2, 0.25) is 0 Å². The van der Waals surface area contributed by atoms with E-state index in [0.717, 1.165) is 5.56 Å². The molecule has 112 valence electrons. The lowest BCUT2D eigenvalue weighted by Crippen LogP contribution is -2.12. The van der Waals surface area contributed by atoms with Gasteiger partial charge in [0, 0.05) is 12.1 Å². The third-order valence-corrected chi connectivity index (χ3v) is 3.41. The van der Waals surface area contributed by atoms with Crippen LogP contribution in [0, 0.1) is 17.5 Å². The zero-order chi connectivity index (χ0) is 15.8. The average molecular weight is 294 g/mol. The molecule has 0 aliphatic heterocycles. The van der Waals surface area contributed by atoms with E-state index < -0.39 is 29.1 Å². The fraction of sp³-hybridized carbons (Fsp3) is 0.294. The predicted octanol–water partition coefficient (Wildman–Crippen LogP) is 4.48. The molecule has 0 spiro atoms. The smallest absolute Gasteiger partial charge is 0.135 e. The Morgan fingerprint density at radius 2 is 1.38 bits per heavy atom. The van der Waals surface area contributed by atoms with E-state index in [-0.39, 0.29) is 5.41 Å². The molecule has 2 rings (SSSR count). The summed E-state index contributed by atoms with van der Waals surface area (Å²) in [6.07, 6.45) is -1.47. The van der Waals surface area contributed by atoms with E-state index in [1.807, 2.05) is 20.8 Å². The van der Waals surface area contributed by atoms with Crippen molar-refractivity contribution in [1.82, 2.24) is 0 Å². The number of halogens is 3. The van der Waals surface area contributed by atoms with Gasteiger partial charge in [0.05, 0.1) is 5.56 Å². The normalized spacial score (nSPS) is 13.3. The Labute approximate surface area is 122 Å². The Morgan fingerprint density at radius 1 is 0.905 bits per heavy atom. The second-order valence-corrected chi connectivity index (χ2v) is 6.06. The standard InChI is InChI=1S/C17H17F3O/c1-17(2,3)11-6-4-10(5-7-11)16(21)15-13(19)8-12(18)9-14(15)20/h4-9,16,21H,1-3H3. The molecule has 0 saturated carbocycles. The molecule has 1 nitrogen and oxygen atoms in total. The third kappa shape index (κ3) is 3.27. The van der Waals surface area contributed by atoms with Gasteiger partial charge in [-0.15, -0.1) is 0 Å². The van der Waals surface area contributed by atoms with E-state index in [1.165, 1.54) is 0 Å². The molecule has 0 bridgehead atoms. The van der Waals surface area contributed by atoms with Crippen molar-refractivity contribution in [3.05, 3.63) is 70.5 Å². The first-order chi connectivity index (χ1) is 9.70. The molecule has 0 radical (unpaired) electrons. The van der Waals surface area contributed by atoms with Crippen LogP contribution in [0.25, 0.3) is 0 Å². The first-order valence-electron chi connectivity index (χ1n) is 6.63. The molecular weight excluding hydrogens is 277 g/mol. The molecule has 0 saturated heterocycles. The largest absolute Gasteiger partial charge is 0.383 e. The first kappa shape index (κ1) is 15.6. The molecule has 1 unspecified atom stereocenters. The van der Waals surface area contributed by atoms with E-state index in [9.17, 15) is 18.3 Å². The minimum Gasteiger partial charge on any atom is -0.383 e. The van der Waals surface area contributed by atoms with Crippen LogP contribution in [0.2, 0.25) is 0 Å². The van der Waals surface area contributed by atoms with E-state index in [2.05, 4.69) is 0 Å². The SMILES string of the molecule is CC(C)(C)c1ccc(C(O)c2c(F)cc(F)cc2F)cc1. The molecule has 4 heteroatoms. The van der Waals surface area contributed by atoms with Crippen molar-refractivity contribution >= 4 is 0 Å². The van der Waals surface area contributed by atoms with Crippen molar-refractivity contribution < 1.29 is 18.3 Å². The minimum atomic E-state index is -1.47. The summed E-state index contributed by atoms with van der Waals surface area (Å²) in [4.78, 5) is 0. The number of benzene rings is 2. The van der Waals surface area contributed by atoms with Gasteiger partial charge >= 0.3 is 0 Å². The van der Waals surface area contributed by atoms with Crippen LogP contribution in [0.1, 0.15) is 43.6 Å². The summed E-state index contributed by atoms with van der Waals surface area (Å²) >= 11 is 0. The Kier molecular flexibility index (Phi) is 4.10. The molecule has 0 aliphatic rings. The van der Waals surface area contributed by atoms with Gasteiger partial charge in [-0.25, -0.2) is 13.2 Å². The molecule has 1 atom stereocenters. The van der Waals surface area contributed by atoms with Gasteiger partial charge in [-0.3, -0.25) is 0 Å². The lowest BCUT2D eigenvalue weighted by Gasteiger charge is -2.20. The van der Waals surface area contributed by atoms with Crippen molar-refractivity contribution in [2.45, 2.75) is 32.3 Å². The molecule has 2 aromatic rings. The minimum absolute atomic E-state index is 0.0597. The Bertz CT molecular complexity index is 619. The fourth-order valence-electron chi connectivity index (χ4n) is 2.15. The molecule has 0 amide bonds. The maximum Gasteiger partial charge on any atom is 0.135 e.